The molecule has 0 aliphatic rings. The molecule has 0 aliphatic carbocycles. The molecule has 2 aromatic carbocycles. The highest BCUT2D eigenvalue weighted by Crippen LogP contribution is 2.29. The summed E-state index contributed by atoms with van der Waals surface area (Å²) < 4.78 is 39.2. The minimum atomic E-state index is -0.933. The number of rotatable bonds is 10. The molecule has 0 heterocycles. The van der Waals surface area contributed by atoms with Crippen molar-refractivity contribution >= 4 is 24.2 Å². The molecular weight excluding hydrogens is 468 g/mol. The Bertz CT molecular complexity index is 979. The molecule has 2 aromatic rings. The maximum absolute atomic E-state index is 12.2. The molecule has 12 nitrogen and oxygen atoms in total. The normalized spacial score (nSPS) is 9.94. The highest BCUT2D eigenvalue weighted by Gasteiger charge is 2.17. The summed E-state index contributed by atoms with van der Waals surface area (Å²) in [6, 6.07) is 8.21. The predicted octanol–water partition coefficient (Wildman–Crippen LogP) is 3.40. The molecule has 35 heavy (non-hydrogen) atoms. The topological polar surface area (TPSA) is 142 Å². The molecule has 188 valence electrons. The van der Waals surface area contributed by atoms with Gasteiger partial charge in [0.25, 0.3) is 0 Å². The van der Waals surface area contributed by atoms with Crippen LogP contribution in [-0.4, -0.2) is 65.9 Å². The molecule has 0 N–H and O–H groups in total. The summed E-state index contributed by atoms with van der Waals surface area (Å²) in [6.45, 7) is -0.0475. The van der Waals surface area contributed by atoms with Gasteiger partial charge in [0.15, 0.2) is 23.0 Å². The zero-order valence-electron chi connectivity index (χ0n) is 19.5. The zero-order valence-corrected chi connectivity index (χ0v) is 19.5. The van der Waals surface area contributed by atoms with Crippen molar-refractivity contribution in [3.8, 4) is 23.0 Å². The van der Waals surface area contributed by atoms with Gasteiger partial charge in [0.05, 0.1) is 52.8 Å². The molecule has 0 saturated heterocycles. The van der Waals surface area contributed by atoms with Crippen molar-refractivity contribution in [1.82, 2.24) is 0 Å². The maximum atomic E-state index is 12.2. The molecule has 0 saturated carbocycles. The monoisotopic (exact) mass is 492 g/mol. The van der Waals surface area contributed by atoms with Gasteiger partial charge in [-0.15, -0.1) is 0 Å². The first-order valence-corrected chi connectivity index (χ1v) is 10.0. The summed E-state index contributed by atoms with van der Waals surface area (Å²) in [5.74, 6) is -0.876. The van der Waals surface area contributed by atoms with Gasteiger partial charge in [-0.25, -0.2) is 19.2 Å². The van der Waals surface area contributed by atoms with Crippen molar-refractivity contribution in [3.05, 3.63) is 47.5 Å². The Morgan fingerprint density at radius 3 is 1.34 bits per heavy atom. The number of ether oxygens (including phenoxy) is 8. The van der Waals surface area contributed by atoms with Gasteiger partial charge in [-0.1, -0.05) is 0 Å². The lowest BCUT2D eigenvalue weighted by atomic mass is 10.2. The zero-order chi connectivity index (χ0) is 25.8. The van der Waals surface area contributed by atoms with Crippen LogP contribution in [0.2, 0.25) is 0 Å². The van der Waals surface area contributed by atoms with E-state index in [0.717, 1.165) is 14.2 Å². The third-order valence-corrected chi connectivity index (χ3v) is 4.27. The standard InChI is InChI=1S/C23H24O12/c1-28-18-12-14(6-8-16(18)34-22(26)30-3)20(24)32-10-5-11-33-21(25)15-7-9-17(19(13-15)29-2)35-23(27)31-4/h6-9,12-13H,5,10-11H2,1-4H3. The molecule has 0 unspecified atom stereocenters. The predicted molar refractivity (Wildman–Crippen MR) is 117 cm³/mol. The van der Waals surface area contributed by atoms with Crippen LogP contribution in [0.5, 0.6) is 23.0 Å². The van der Waals surface area contributed by atoms with Crippen molar-refractivity contribution < 1.29 is 57.1 Å². The summed E-state index contributed by atoms with van der Waals surface area (Å²) in [5, 5.41) is 0. The molecule has 2 rings (SSSR count). The van der Waals surface area contributed by atoms with E-state index in [-0.39, 0.29) is 53.8 Å². The lowest BCUT2D eigenvalue weighted by Crippen LogP contribution is -2.12. The fourth-order valence-corrected chi connectivity index (χ4v) is 2.58. The highest BCUT2D eigenvalue weighted by atomic mass is 16.7. The minimum absolute atomic E-state index is 0.0237. The summed E-state index contributed by atoms with van der Waals surface area (Å²) in [4.78, 5) is 47.0. The molecule has 0 radical (unpaired) electrons. The van der Waals surface area contributed by atoms with Crippen LogP contribution in [0.15, 0.2) is 36.4 Å². The smallest absolute Gasteiger partial charge is 0.493 e. The molecular formula is C23H24O12. The van der Waals surface area contributed by atoms with Crippen LogP contribution in [0.3, 0.4) is 0 Å². The molecule has 0 aliphatic heterocycles. The van der Waals surface area contributed by atoms with E-state index in [2.05, 4.69) is 9.47 Å². The van der Waals surface area contributed by atoms with Crippen molar-refractivity contribution in [3.63, 3.8) is 0 Å². The summed E-state index contributed by atoms with van der Waals surface area (Å²) >= 11 is 0. The van der Waals surface area contributed by atoms with Crippen molar-refractivity contribution in [2.75, 3.05) is 41.7 Å². The molecule has 0 aromatic heterocycles. The van der Waals surface area contributed by atoms with Crippen LogP contribution >= 0.6 is 0 Å². The number of carbonyl (C=O) groups excluding carboxylic acids is 4. The number of esters is 2. The van der Waals surface area contributed by atoms with Crippen LogP contribution in [0.4, 0.5) is 9.59 Å². The van der Waals surface area contributed by atoms with Gasteiger partial charge >= 0.3 is 24.2 Å². The second-order valence-electron chi connectivity index (χ2n) is 6.47. The van der Waals surface area contributed by atoms with Gasteiger partial charge in [0.2, 0.25) is 0 Å². The molecule has 12 heteroatoms. The van der Waals surface area contributed by atoms with Gasteiger partial charge in [-0.05, 0) is 36.4 Å². The van der Waals surface area contributed by atoms with E-state index in [1.54, 1.807) is 0 Å². The minimum Gasteiger partial charge on any atom is -0.493 e. The third-order valence-electron chi connectivity index (χ3n) is 4.27. The quantitative estimate of drug-likeness (QED) is 0.208. The Kier molecular flexibility index (Phi) is 10.2. The number of hydrogen-bond acceptors (Lipinski definition) is 12. The molecule has 0 spiro atoms. The fraction of sp³-hybridized carbons (Fsp3) is 0.304. The van der Waals surface area contributed by atoms with Crippen LogP contribution in [0.25, 0.3) is 0 Å². The van der Waals surface area contributed by atoms with Gasteiger partial charge < -0.3 is 37.9 Å². The van der Waals surface area contributed by atoms with E-state index < -0.39 is 24.2 Å². The van der Waals surface area contributed by atoms with Gasteiger partial charge in [0, 0.05) is 6.42 Å². The summed E-state index contributed by atoms with van der Waals surface area (Å²) in [5.41, 5.74) is 0.329. The summed E-state index contributed by atoms with van der Waals surface area (Å²) in [6.07, 6.45) is -1.63. The average molecular weight is 492 g/mol. The summed E-state index contributed by atoms with van der Waals surface area (Å²) in [7, 11) is 5.01. The molecule has 0 amide bonds. The van der Waals surface area contributed by atoms with Crippen LogP contribution in [0, 0.1) is 0 Å². The lowest BCUT2D eigenvalue weighted by Gasteiger charge is -2.11. The van der Waals surface area contributed by atoms with Gasteiger partial charge in [0.1, 0.15) is 0 Å². The Morgan fingerprint density at radius 2 is 1.00 bits per heavy atom. The Morgan fingerprint density at radius 1 is 0.600 bits per heavy atom. The van der Waals surface area contributed by atoms with Gasteiger partial charge in [-0.3, -0.25) is 0 Å². The Hall–Kier alpha value is -4.48. The van der Waals surface area contributed by atoms with Crippen molar-refractivity contribution in [2.24, 2.45) is 0 Å². The van der Waals surface area contributed by atoms with E-state index in [1.165, 1.54) is 50.6 Å². The maximum Gasteiger partial charge on any atom is 0.513 e. The highest BCUT2D eigenvalue weighted by molar-refractivity contribution is 5.91. The first-order valence-electron chi connectivity index (χ1n) is 10.0. The van der Waals surface area contributed by atoms with Crippen LogP contribution < -0.4 is 18.9 Å². The average Bonchev–Trinajstić information content (AvgIpc) is 2.88. The second-order valence-corrected chi connectivity index (χ2v) is 6.47. The number of carbonyl (C=O) groups is 4. The number of hydrogen-bond donors (Lipinski definition) is 0. The van der Waals surface area contributed by atoms with E-state index in [0.29, 0.717) is 0 Å². The van der Waals surface area contributed by atoms with E-state index in [9.17, 15) is 19.2 Å². The molecule has 0 atom stereocenters. The number of methoxy groups -OCH3 is 4. The van der Waals surface area contributed by atoms with E-state index in [4.69, 9.17) is 28.4 Å². The fourth-order valence-electron chi connectivity index (χ4n) is 2.58. The first-order chi connectivity index (χ1) is 16.8. The van der Waals surface area contributed by atoms with Crippen molar-refractivity contribution in [2.45, 2.75) is 6.42 Å². The van der Waals surface area contributed by atoms with Crippen LogP contribution in [0.1, 0.15) is 27.1 Å². The molecule has 0 fully saturated rings. The van der Waals surface area contributed by atoms with Crippen molar-refractivity contribution in [1.29, 1.82) is 0 Å². The first kappa shape index (κ1) is 26.8. The van der Waals surface area contributed by atoms with Crippen LogP contribution in [-0.2, 0) is 18.9 Å². The molecule has 0 bridgehead atoms. The number of benzene rings is 2. The van der Waals surface area contributed by atoms with E-state index in [1.807, 2.05) is 0 Å². The largest absolute Gasteiger partial charge is 0.513 e. The van der Waals surface area contributed by atoms with E-state index >= 15 is 0 Å². The lowest BCUT2D eigenvalue weighted by molar-refractivity contribution is 0.0395. The van der Waals surface area contributed by atoms with Gasteiger partial charge in [-0.2, -0.15) is 0 Å². The Labute approximate surface area is 200 Å². The Balaban J connectivity index is 1.83. The SMILES string of the molecule is COC(=O)Oc1ccc(C(=O)OCCCOC(=O)c2ccc(OC(=O)OC)c(OC)c2)cc1OC. The third kappa shape index (κ3) is 7.81. The second kappa shape index (κ2) is 13.3.